The summed E-state index contributed by atoms with van der Waals surface area (Å²) in [4.78, 5) is 11.0. The number of hydrogen-bond acceptors (Lipinski definition) is 4. The fourth-order valence-electron chi connectivity index (χ4n) is 3.12. The van der Waals surface area contributed by atoms with Gasteiger partial charge in [0.2, 0.25) is 0 Å². The summed E-state index contributed by atoms with van der Waals surface area (Å²) in [5, 5.41) is 0. The third kappa shape index (κ3) is 5.97. The molecule has 4 rings (SSSR count). The van der Waals surface area contributed by atoms with Gasteiger partial charge in [-0.1, -0.05) is 60.7 Å². The Morgan fingerprint density at radius 1 is 0.516 bits per heavy atom. The van der Waals surface area contributed by atoms with Gasteiger partial charge >= 0.3 is 0 Å². The molecule has 152 valence electrons. The molecule has 0 atom stereocenters. The summed E-state index contributed by atoms with van der Waals surface area (Å²) in [5.74, 6) is 0. The van der Waals surface area contributed by atoms with Gasteiger partial charge in [0.05, 0.1) is 11.4 Å². The predicted molar refractivity (Wildman–Crippen MR) is 138 cm³/mol. The zero-order valence-corrected chi connectivity index (χ0v) is 18.7. The molecule has 0 bridgehead atoms. The van der Waals surface area contributed by atoms with E-state index in [1.54, 1.807) is 0 Å². The summed E-state index contributed by atoms with van der Waals surface area (Å²) in [6, 6.07) is 32.5. The van der Waals surface area contributed by atoms with Crippen molar-refractivity contribution in [2.45, 2.75) is 16.2 Å². The van der Waals surface area contributed by atoms with Crippen molar-refractivity contribution in [1.29, 1.82) is 0 Å². The minimum atomic E-state index is 0.868. The van der Waals surface area contributed by atoms with Gasteiger partial charge in [-0.3, -0.25) is 9.98 Å². The van der Waals surface area contributed by atoms with Crippen LogP contribution in [0.5, 0.6) is 0 Å². The van der Waals surface area contributed by atoms with Crippen molar-refractivity contribution in [1.82, 2.24) is 0 Å². The third-order valence-electron chi connectivity index (χ3n) is 4.86. The molecule has 0 N–H and O–H groups in total. The van der Waals surface area contributed by atoms with Gasteiger partial charge in [0.15, 0.2) is 0 Å². The van der Waals surface area contributed by atoms with Crippen molar-refractivity contribution in [3.8, 4) is 0 Å². The maximum absolute atomic E-state index is 4.55. The van der Waals surface area contributed by atoms with Gasteiger partial charge < -0.3 is 0 Å². The van der Waals surface area contributed by atoms with Crippen LogP contribution in [-0.4, -0.2) is 12.4 Å². The summed E-state index contributed by atoms with van der Waals surface area (Å²) in [6.45, 7) is 0. The molecule has 0 aliphatic carbocycles. The summed E-state index contributed by atoms with van der Waals surface area (Å²) in [7, 11) is 0. The summed E-state index contributed by atoms with van der Waals surface area (Å²) < 4.78 is 0. The smallest absolute Gasteiger partial charge is 0.0630 e. The first-order valence-electron chi connectivity index (χ1n) is 9.99. The maximum Gasteiger partial charge on any atom is 0.0630 e. The molecule has 0 radical (unpaired) electrons. The first-order chi connectivity index (χ1) is 15.2. The first-order valence-corrected chi connectivity index (χ1v) is 10.9. The number of thiol groups is 2. The van der Waals surface area contributed by atoms with Crippen LogP contribution in [0.1, 0.15) is 22.3 Å². The van der Waals surface area contributed by atoms with Crippen LogP contribution in [0.25, 0.3) is 0 Å². The molecule has 0 unspecified atom stereocenters. The zero-order valence-electron chi connectivity index (χ0n) is 16.9. The Balaban J connectivity index is 1.38. The molecule has 0 fully saturated rings. The van der Waals surface area contributed by atoms with Crippen molar-refractivity contribution in [2.75, 3.05) is 0 Å². The molecule has 31 heavy (non-hydrogen) atoms. The Morgan fingerprint density at radius 2 is 0.903 bits per heavy atom. The summed E-state index contributed by atoms with van der Waals surface area (Å²) >= 11 is 8.91. The van der Waals surface area contributed by atoms with Crippen LogP contribution in [0.3, 0.4) is 0 Å². The minimum absolute atomic E-state index is 0.868. The van der Waals surface area contributed by atoms with E-state index in [0.717, 1.165) is 38.7 Å². The lowest BCUT2D eigenvalue weighted by molar-refractivity contribution is 1.19. The van der Waals surface area contributed by atoms with Crippen LogP contribution >= 0.6 is 25.3 Å². The molecule has 0 aliphatic rings. The molecule has 0 aromatic heterocycles. The van der Waals surface area contributed by atoms with Gasteiger partial charge in [0.1, 0.15) is 0 Å². The molecule has 4 aromatic rings. The number of nitrogens with zero attached hydrogens (tertiary/aromatic N) is 2. The van der Waals surface area contributed by atoms with E-state index in [0.29, 0.717) is 0 Å². The molecule has 0 saturated carbocycles. The highest BCUT2D eigenvalue weighted by Gasteiger charge is 1.99. The van der Waals surface area contributed by atoms with Crippen LogP contribution in [0.2, 0.25) is 0 Å². The summed E-state index contributed by atoms with van der Waals surface area (Å²) in [6.07, 6.45) is 4.57. The quantitative estimate of drug-likeness (QED) is 0.232. The largest absolute Gasteiger partial charge is 0.256 e. The van der Waals surface area contributed by atoms with Crippen LogP contribution < -0.4 is 0 Å². The van der Waals surface area contributed by atoms with Crippen LogP contribution in [0, 0.1) is 0 Å². The average molecular weight is 439 g/mol. The maximum atomic E-state index is 4.55. The number of hydrogen-bond donors (Lipinski definition) is 2. The second-order valence-electron chi connectivity index (χ2n) is 7.14. The van der Waals surface area contributed by atoms with Gasteiger partial charge in [-0.25, -0.2) is 0 Å². The van der Waals surface area contributed by atoms with E-state index in [1.807, 2.05) is 85.2 Å². The zero-order chi connectivity index (χ0) is 21.5. The lowest BCUT2D eigenvalue weighted by Crippen LogP contribution is -1.87. The predicted octanol–water partition coefficient (Wildman–Crippen LogP) is 7.36. The van der Waals surface area contributed by atoms with E-state index in [-0.39, 0.29) is 0 Å². The lowest BCUT2D eigenvalue weighted by Gasteiger charge is -2.04. The van der Waals surface area contributed by atoms with Crippen molar-refractivity contribution in [2.24, 2.45) is 9.98 Å². The molecular weight excluding hydrogens is 416 g/mol. The number of benzene rings is 4. The van der Waals surface area contributed by atoms with Gasteiger partial charge in [0.25, 0.3) is 0 Å². The van der Waals surface area contributed by atoms with Crippen LogP contribution in [0.15, 0.2) is 117 Å². The highest BCUT2D eigenvalue weighted by atomic mass is 32.1. The SMILES string of the molecule is Sc1ccccc1C=Nc1ccc(Cc2ccc(N=Cc3ccccc3S)cc2)cc1. The molecule has 4 aromatic carbocycles. The Kier molecular flexibility index (Phi) is 7.03. The van der Waals surface area contributed by atoms with E-state index >= 15 is 0 Å². The number of aliphatic imine (C=N–C) groups is 2. The monoisotopic (exact) mass is 438 g/mol. The van der Waals surface area contributed by atoms with E-state index in [4.69, 9.17) is 0 Å². The summed E-state index contributed by atoms with van der Waals surface area (Å²) in [5.41, 5.74) is 6.36. The Morgan fingerprint density at radius 3 is 1.29 bits per heavy atom. The van der Waals surface area contributed by atoms with E-state index < -0.39 is 0 Å². The van der Waals surface area contributed by atoms with Crippen molar-refractivity contribution < 1.29 is 0 Å². The van der Waals surface area contributed by atoms with Gasteiger partial charge in [0, 0.05) is 33.3 Å². The average Bonchev–Trinajstić information content (AvgIpc) is 2.80. The van der Waals surface area contributed by atoms with Crippen LogP contribution in [0.4, 0.5) is 11.4 Å². The molecular formula is C27H22N2S2. The highest BCUT2D eigenvalue weighted by molar-refractivity contribution is 7.80. The van der Waals surface area contributed by atoms with Crippen molar-refractivity contribution in [3.05, 3.63) is 119 Å². The number of rotatable bonds is 6. The fraction of sp³-hybridized carbons (Fsp3) is 0.0370. The van der Waals surface area contributed by atoms with Gasteiger partial charge in [-0.05, 0) is 53.9 Å². The molecule has 0 aliphatic heterocycles. The van der Waals surface area contributed by atoms with Gasteiger partial charge in [-0.15, -0.1) is 25.3 Å². The molecule has 0 saturated heterocycles. The normalized spacial score (nSPS) is 11.4. The standard InChI is InChI=1S/C27H22N2S2/c30-26-7-3-1-5-22(26)18-28-24-13-9-20(10-14-24)17-21-11-15-25(16-12-21)29-19-23-6-2-4-8-27(23)31/h1-16,18-19,30-31H,17H2. The van der Waals surface area contributed by atoms with E-state index in [2.05, 4.69) is 59.5 Å². The Hall–Kier alpha value is -3.08. The third-order valence-corrected chi connectivity index (χ3v) is 5.67. The Labute approximate surface area is 194 Å². The lowest BCUT2D eigenvalue weighted by atomic mass is 10.0. The van der Waals surface area contributed by atoms with E-state index in [1.165, 1.54) is 11.1 Å². The second-order valence-corrected chi connectivity index (χ2v) is 8.11. The molecule has 0 amide bonds. The minimum Gasteiger partial charge on any atom is -0.256 e. The highest BCUT2D eigenvalue weighted by Crippen LogP contribution is 2.20. The molecule has 2 nitrogen and oxygen atoms in total. The van der Waals surface area contributed by atoms with Crippen molar-refractivity contribution in [3.63, 3.8) is 0 Å². The first kappa shape index (κ1) is 21.2. The second kappa shape index (κ2) is 10.3. The molecule has 0 heterocycles. The fourth-order valence-corrected chi connectivity index (χ4v) is 3.55. The Bertz CT molecular complexity index is 1110. The topological polar surface area (TPSA) is 24.7 Å². The van der Waals surface area contributed by atoms with Gasteiger partial charge in [-0.2, -0.15) is 0 Å². The molecule has 0 spiro atoms. The van der Waals surface area contributed by atoms with Crippen molar-refractivity contribution >= 4 is 49.1 Å². The molecule has 4 heteroatoms. The van der Waals surface area contributed by atoms with E-state index in [9.17, 15) is 0 Å². The van der Waals surface area contributed by atoms with Crippen LogP contribution in [-0.2, 0) is 6.42 Å².